The van der Waals surface area contributed by atoms with Crippen molar-refractivity contribution in [3.8, 4) is 0 Å². The van der Waals surface area contributed by atoms with Gasteiger partial charge >= 0.3 is 0 Å². The maximum atomic E-state index is 11.7. The zero-order valence-electron chi connectivity index (χ0n) is 11.0. The number of anilines is 2. The monoisotopic (exact) mass is 289 g/mol. The van der Waals surface area contributed by atoms with Crippen LogP contribution in [0.3, 0.4) is 0 Å². The largest absolute Gasteiger partial charge is 0.355 e. The van der Waals surface area contributed by atoms with Gasteiger partial charge in [-0.2, -0.15) is 0 Å². The Morgan fingerprint density at radius 2 is 2.00 bits per heavy atom. The number of carbonyl (C=O) groups is 1. The quantitative estimate of drug-likeness (QED) is 0.809. The van der Waals surface area contributed by atoms with Crippen molar-refractivity contribution in [2.24, 2.45) is 0 Å². The number of H-pyrrole nitrogens is 1. The molecular formula is C14H15N3O2S. The van der Waals surface area contributed by atoms with Crippen molar-refractivity contribution in [2.75, 3.05) is 12.4 Å². The zero-order chi connectivity index (χ0) is 14.1. The molecule has 6 heteroatoms. The fraction of sp³-hybridized carbons (Fsp3) is 0.286. The van der Waals surface area contributed by atoms with E-state index in [1.807, 2.05) is 12.1 Å². The lowest BCUT2D eigenvalue weighted by atomic mass is 10.1. The Morgan fingerprint density at radius 1 is 1.30 bits per heavy atom. The molecule has 0 saturated heterocycles. The molecule has 104 valence electrons. The second kappa shape index (κ2) is 5.13. The van der Waals surface area contributed by atoms with E-state index in [-0.39, 0.29) is 17.0 Å². The molecule has 1 aliphatic carbocycles. The fourth-order valence-corrected chi connectivity index (χ4v) is 2.86. The van der Waals surface area contributed by atoms with Crippen LogP contribution in [0.2, 0.25) is 0 Å². The molecular weight excluding hydrogens is 274 g/mol. The fourth-order valence-electron chi connectivity index (χ4n) is 2.11. The number of rotatable bonds is 4. The van der Waals surface area contributed by atoms with Gasteiger partial charge in [0.25, 0.3) is 11.5 Å². The van der Waals surface area contributed by atoms with Gasteiger partial charge in [0.1, 0.15) is 10.6 Å². The molecule has 0 spiro atoms. The number of aromatic amines is 1. The van der Waals surface area contributed by atoms with Gasteiger partial charge in [-0.1, -0.05) is 12.1 Å². The van der Waals surface area contributed by atoms with E-state index in [0.29, 0.717) is 10.9 Å². The number of hydrogen-bond acceptors (Lipinski definition) is 4. The summed E-state index contributed by atoms with van der Waals surface area (Å²) in [6.45, 7) is 0. The summed E-state index contributed by atoms with van der Waals surface area (Å²) in [4.78, 5) is 23.3. The minimum Gasteiger partial charge on any atom is -0.355 e. The van der Waals surface area contributed by atoms with E-state index in [1.165, 1.54) is 25.5 Å². The van der Waals surface area contributed by atoms with Gasteiger partial charge in [-0.25, -0.2) is 0 Å². The number of aromatic nitrogens is 1. The maximum Gasteiger partial charge on any atom is 0.273 e. The Kier molecular flexibility index (Phi) is 3.31. The van der Waals surface area contributed by atoms with Crippen LogP contribution in [0, 0.1) is 0 Å². The van der Waals surface area contributed by atoms with Crippen LogP contribution in [0.4, 0.5) is 10.7 Å². The van der Waals surface area contributed by atoms with Crippen LogP contribution in [0.1, 0.15) is 34.7 Å². The summed E-state index contributed by atoms with van der Waals surface area (Å²) >= 11 is 1.13. The van der Waals surface area contributed by atoms with Crippen molar-refractivity contribution in [1.82, 2.24) is 9.69 Å². The molecule has 1 aliphatic rings. The second-order valence-electron chi connectivity index (χ2n) is 4.84. The van der Waals surface area contributed by atoms with Crippen LogP contribution in [0.25, 0.3) is 0 Å². The van der Waals surface area contributed by atoms with Gasteiger partial charge in [0.15, 0.2) is 0 Å². The Balaban J connectivity index is 1.83. The normalized spacial score (nSPS) is 14.1. The summed E-state index contributed by atoms with van der Waals surface area (Å²) in [6, 6.07) is 8.14. The van der Waals surface area contributed by atoms with E-state index in [2.05, 4.69) is 27.1 Å². The van der Waals surface area contributed by atoms with E-state index in [0.717, 1.165) is 17.2 Å². The van der Waals surface area contributed by atoms with Crippen molar-refractivity contribution < 1.29 is 4.79 Å². The molecule has 1 fully saturated rings. The van der Waals surface area contributed by atoms with Crippen molar-refractivity contribution in [3.05, 3.63) is 45.7 Å². The minimum atomic E-state index is -0.385. The number of amides is 1. The standard InChI is InChI=1S/C14H15N3O2S/c1-15-12(18)11-13(19)17-20-14(11)16-10-6-4-9(5-7-10)8-2-3-8/h4-8,16H,2-3H2,1H3,(H,15,18)(H,17,19). The summed E-state index contributed by atoms with van der Waals surface area (Å²) in [7, 11) is 1.51. The van der Waals surface area contributed by atoms with Crippen molar-refractivity contribution in [2.45, 2.75) is 18.8 Å². The smallest absolute Gasteiger partial charge is 0.273 e. The first-order valence-electron chi connectivity index (χ1n) is 6.49. The summed E-state index contributed by atoms with van der Waals surface area (Å²) in [5.74, 6) is 0.332. The Morgan fingerprint density at radius 3 is 2.60 bits per heavy atom. The molecule has 0 unspecified atom stereocenters. The highest BCUT2D eigenvalue weighted by atomic mass is 32.1. The van der Waals surface area contributed by atoms with Crippen LogP contribution in [0.5, 0.6) is 0 Å². The zero-order valence-corrected chi connectivity index (χ0v) is 11.8. The van der Waals surface area contributed by atoms with E-state index < -0.39 is 0 Å². The third kappa shape index (κ3) is 2.46. The topological polar surface area (TPSA) is 74.0 Å². The number of carbonyl (C=O) groups excluding carboxylic acids is 1. The molecule has 1 aromatic heterocycles. The predicted octanol–water partition coefficient (Wildman–Crippen LogP) is 2.42. The molecule has 3 rings (SSSR count). The Bertz CT molecular complexity index is 683. The molecule has 3 N–H and O–H groups in total. The molecule has 1 saturated carbocycles. The van der Waals surface area contributed by atoms with Crippen LogP contribution >= 0.6 is 11.5 Å². The first-order valence-corrected chi connectivity index (χ1v) is 7.31. The molecule has 1 heterocycles. The lowest BCUT2D eigenvalue weighted by molar-refractivity contribution is 0.0963. The lowest BCUT2D eigenvalue weighted by Crippen LogP contribution is -2.24. The van der Waals surface area contributed by atoms with E-state index in [4.69, 9.17) is 0 Å². The van der Waals surface area contributed by atoms with Gasteiger partial charge in [-0.15, -0.1) is 0 Å². The van der Waals surface area contributed by atoms with Crippen LogP contribution < -0.4 is 16.2 Å². The van der Waals surface area contributed by atoms with Crippen LogP contribution in [-0.2, 0) is 0 Å². The third-order valence-corrected chi connectivity index (χ3v) is 4.17. The summed E-state index contributed by atoms with van der Waals surface area (Å²) in [6.07, 6.45) is 2.54. The number of benzene rings is 1. The first-order chi connectivity index (χ1) is 9.69. The highest BCUT2D eigenvalue weighted by Gasteiger charge is 2.23. The molecule has 20 heavy (non-hydrogen) atoms. The summed E-state index contributed by atoms with van der Waals surface area (Å²) in [5.41, 5.74) is 1.98. The SMILES string of the molecule is CNC(=O)c1c(Nc2ccc(C3CC3)cc2)s[nH]c1=O. The lowest BCUT2D eigenvalue weighted by Gasteiger charge is -2.06. The molecule has 0 bridgehead atoms. The van der Waals surface area contributed by atoms with E-state index in [9.17, 15) is 9.59 Å². The van der Waals surface area contributed by atoms with Crippen LogP contribution in [0.15, 0.2) is 29.1 Å². The molecule has 1 amide bonds. The molecule has 0 aliphatic heterocycles. The van der Waals surface area contributed by atoms with Gasteiger partial charge in [-0.3, -0.25) is 14.0 Å². The summed E-state index contributed by atoms with van der Waals surface area (Å²) < 4.78 is 2.58. The first kappa shape index (κ1) is 12.9. The van der Waals surface area contributed by atoms with Crippen LogP contribution in [-0.4, -0.2) is 17.3 Å². The number of hydrogen-bond donors (Lipinski definition) is 3. The minimum absolute atomic E-state index is 0.128. The van der Waals surface area contributed by atoms with Gasteiger partial charge in [0.2, 0.25) is 0 Å². The maximum absolute atomic E-state index is 11.7. The second-order valence-corrected chi connectivity index (χ2v) is 5.65. The van der Waals surface area contributed by atoms with Gasteiger partial charge in [0.05, 0.1) is 0 Å². The van der Waals surface area contributed by atoms with Gasteiger partial charge in [0, 0.05) is 12.7 Å². The average molecular weight is 289 g/mol. The Labute approximate surface area is 120 Å². The van der Waals surface area contributed by atoms with E-state index >= 15 is 0 Å². The predicted molar refractivity (Wildman–Crippen MR) is 80.0 cm³/mol. The Hall–Kier alpha value is -2.08. The molecule has 1 aromatic carbocycles. The molecule has 0 atom stereocenters. The van der Waals surface area contributed by atoms with Crippen molar-refractivity contribution >= 4 is 28.1 Å². The average Bonchev–Trinajstić information content (AvgIpc) is 3.24. The molecule has 2 aromatic rings. The van der Waals surface area contributed by atoms with Gasteiger partial charge in [-0.05, 0) is 48.0 Å². The third-order valence-electron chi connectivity index (χ3n) is 3.37. The van der Waals surface area contributed by atoms with E-state index in [1.54, 1.807) is 0 Å². The van der Waals surface area contributed by atoms with Gasteiger partial charge < -0.3 is 10.6 Å². The number of nitrogens with one attached hydrogen (secondary N) is 3. The van der Waals surface area contributed by atoms with Crippen molar-refractivity contribution in [1.29, 1.82) is 0 Å². The highest BCUT2D eigenvalue weighted by molar-refractivity contribution is 7.10. The van der Waals surface area contributed by atoms with Crippen molar-refractivity contribution in [3.63, 3.8) is 0 Å². The highest BCUT2D eigenvalue weighted by Crippen LogP contribution is 2.40. The molecule has 0 radical (unpaired) electrons. The summed E-state index contributed by atoms with van der Waals surface area (Å²) in [5, 5.41) is 6.13. The molecule has 5 nitrogen and oxygen atoms in total.